The number of carbonyl (C=O) groups is 1. The Hall–Kier alpha value is -2.16. The van der Waals surface area contributed by atoms with Crippen molar-refractivity contribution in [1.29, 1.82) is 0 Å². The summed E-state index contributed by atoms with van der Waals surface area (Å²) in [5, 5.41) is 0. The average molecular weight is 258 g/mol. The highest BCUT2D eigenvalue weighted by Crippen LogP contribution is 2.17. The monoisotopic (exact) mass is 258 g/mol. The Kier molecular flexibility index (Phi) is 4.29. The van der Waals surface area contributed by atoms with E-state index >= 15 is 0 Å². The molecule has 0 amide bonds. The van der Waals surface area contributed by atoms with Gasteiger partial charge in [0.05, 0.1) is 6.61 Å². The van der Waals surface area contributed by atoms with Gasteiger partial charge < -0.3 is 4.74 Å². The van der Waals surface area contributed by atoms with Gasteiger partial charge >= 0.3 is 0 Å². The molecule has 0 saturated carbocycles. The Morgan fingerprint density at radius 2 is 1.79 bits per heavy atom. The van der Waals surface area contributed by atoms with Crippen molar-refractivity contribution in [3.05, 3.63) is 65.5 Å². The number of halogens is 1. The van der Waals surface area contributed by atoms with Gasteiger partial charge in [-0.3, -0.25) is 4.79 Å². The van der Waals surface area contributed by atoms with Crippen molar-refractivity contribution >= 4 is 5.78 Å². The number of ketones is 1. The highest BCUT2D eigenvalue weighted by atomic mass is 19.1. The number of rotatable bonds is 5. The predicted octanol–water partition coefficient (Wildman–Crippen LogP) is 3.85. The van der Waals surface area contributed by atoms with Gasteiger partial charge in [0.15, 0.2) is 5.78 Å². The van der Waals surface area contributed by atoms with Crippen molar-refractivity contribution in [2.45, 2.75) is 13.3 Å². The van der Waals surface area contributed by atoms with Gasteiger partial charge in [-0.15, -0.1) is 0 Å². The number of ether oxygens (including phenoxy) is 1. The molecule has 0 bridgehead atoms. The molecule has 0 aliphatic carbocycles. The smallest absolute Gasteiger partial charge is 0.193 e. The van der Waals surface area contributed by atoms with E-state index in [2.05, 4.69) is 0 Å². The third kappa shape index (κ3) is 3.41. The summed E-state index contributed by atoms with van der Waals surface area (Å²) in [5.74, 6) is 0.0368. The molecule has 2 nitrogen and oxygen atoms in total. The van der Waals surface area contributed by atoms with E-state index < -0.39 is 5.82 Å². The molecule has 19 heavy (non-hydrogen) atoms. The Morgan fingerprint density at radius 3 is 2.47 bits per heavy atom. The molecule has 0 heterocycles. The summed E-state index contributed by atoms with van der Waals surface area (Å²) in [4.78, 5) is 12.2. The van der Waals surface area contributed by atoms with E-state index in [1.54, 1.807) is 30.3 Å². The Labute approximate surface area is 111 Å². The second-order valence-electron chi connectivity index (χ2n) is 4.22. The molecular formula is C16H15FO2. The molecule has 0 saturated heterocycles. The van der Waals surface area contributed by atoms with Crippen LogP contribution in [0.4, 0.5) is 4.39 Å². The Morgan fingerprint density at radius 1 is 1.11 bits per heavy atom. The summed E-state index contributed by atoms with van der Waals surface area (Å²) in [6.07, 6.45) is 0.905. The van der Waals surface area contributed by atoms with Crippen LogP contribution in [0.3, 0.4) is 0 Å². The maximum Gasteiger partial charge on any atom is 0.193 e. The zero-order chi connectivity index (χ0) is 13.7. The summed E-state index contributed by atoms with van der Waals surface area (Å²) < 4.78 is 18.6. The molecule has 0 unspecified atom stereocenters. The molecule has 0 fully saturated rings. The van der Waals surface area contributed by atoms with Crippen LogP contribution >= 0.6 is 0 Å². The minimum atomic E-state index is -0.413. The first kappa shape index (κ1) is 13.3. The summed E-state index contributed by atoms with van der Waals surface area (Å²) in [6, 6.07) is 12.6. The summed E-state index contributed by atoms with van der Waals surface area (Å²) in [6.45, 7) is 2.62. The molecule has 2 rings (SSSR count). The number of hydrogen-bond donors (Lipinski definition) is 0. The first-order valence-corrected chi connectivity index (χ1v) is 6.24. The van der Waals surface area contributed by atoms with Crippen LogP contribution in [0.1, 0.15) is 29.3 Å². The fraction of sp³-hybridized carbons (Fsp3) is 0.188. The molecule has 0 aliphatic rings. The van der Waals surface area contributed by atoms with Crippen molar-refractivity contribution in [2.24, 2.45) is 0 Å². The highest BCUT2D eigenvalue weighted by Gasteiger charge is 2.10. The molecule has 0 spiro atoms. The van der Waals surface area contributed by atoms with Crippen molar-refractivity contribution in [3.8, 4) is 5.75 Å². The van der Waals surface area contributed by atoms with Crippen LogP contribution in [0.5, 0.6) is 5.75 Å². The second kappa shape index (κ2) is 6.14. The largest absolute Gasteiger partial charge is 0.494 e. The lowest BCUT2D eigenvalue weighted by molar-refractivity contribution is 0.103. The lowest BCUT2D eigenvalue weighted by Gasteiger charge is -2.06. The van der Waals surface area contributed by atoms with E-state index in [1.807, 2.05) is 6.92 Å². The van der Waals surface area contributed by atoms with E-state index in [0.717, 1.165) is 6.42 Å². The molecule has 3 heteroatoms. The van der Waals surface area contributed by atoms with Gasteiger partial charge in [-0.05, 0) is 30.7 Å². The predicted molar refractivity (Wildman–Crippen MR) is 72.1 cm³/mol. The molecular weight excluding hydrogens is 243 g/mol. The van der Waals surface area contributed by atoms with Crippen LogP contribution < -0.4 is 4.74 Å². The molecule has 0 radical (unpaired) electrons. The van der Waals surface area contributed by atoms with Crippen molar-refractivity contribution < 1.29 is 13.9 Å². The molecule has 98 valence electrons. The Bertz CT molecular complexity index is 578. The van der Waals surface area contributed by atoms with Crippen LogP contribution in [0.25, 0.3) is 0 Å². The maximum atomic E-state index is 13.1. The molecule has 0 aromatic heterocycles. The first-order valence-electron chi connectivity index (χ1n) is 6.24. The summed E-state index contributed by atoms with van der Waals surface area (Å²) in [5.41, 5.74) is 0.840. The first-order chi connectivity index (χ1) is 9.20. The Balaban J connectivity index is 2.24. The SMILES string of the molecule is CCCOc1cccc(C(=O)c2cccc(F)c2)c1. The molecule has 0 N–H and O–H groups in total. The van der Waals surface area contributed by atoms with E-state index in [4.69, 9.17) is 4.74 Å². The van der Waals surface area contributed by atoms with Crippen LogP contribution in [-0.4, -0.2) is 12.4 Å². The van der Waals surface area contributed by atoms with Crippen LogP contribution in [0, 0.1) is 5.82 Å². The molecule has 2 aromatic carbocycles. The van der Waals surface area contributed by atoms with Gasteiger partial charge in [-0.2, -0.15) is 0 Å². The minimum absolute atomic E-state index is 0.207. The van der Waals surface area contributed by atoms with E-state index in [9.17, 15) is 9.18 Å². The number of benzene rings is 2. The van der Waals surface area contributed by atoms with E-state index in [0.29, 0.717) is 23.5 Å². The third-order valence-electron chi connectivity index (χ3n) is 2.66. The average Bonchev–Trinajstić information content (AvgIpc) is 2.44. The number of hydrogen-bond acceptors (Lipinski definition) is 2. The van der Waals surface area contributed by atoms with Crippen LogP contribution in [-0.2, 0) is 0 Å². The lowest BCUT2D eigenvalue weighted by Crippen LogP contribution is -2.03. The maximum absolute atomic E-state index is 13.1. The highest BCUT2D eigenvalue weighted by molar-refractivity contribution is 6.09. The van der Waals surface area contributed by atoms with Crippen molar-refractivity contribution in [3.63, 3.8) is 0 Å². The fourth-order valence-electron chi connectivity index (χ4n) is 1.74. The van der Waals surface area contributed by atoms with Gasteiger partial charge in [-0.1, -0.05) is 31.2 Å². The van der Waals surface area contributed by atoms with Gasteiger partial charge in [0.2, 0.25) is 0 Å². The standard InChI is InChI=1S/C16H15FO2/c1-2-9-19-15-8-4-6-13(11-15)16(18)12-5-3-7-14(17)10-12/h3-8,10-11H,2,9H2,1H3. The van der Waals surface area contributed by atoms with Crippen LogP contribution in [0.15, 0.2) is 48.5 Å². The van der Waals surface area contributed by atoms with Crippen molar-refractivity contribution in [2.75, 3.05) is 6.61 Å². The van der Waals surface area contributed by atoms with E-state index in [-0.39, 0.29) is 5.78 Å². The van der Waals surface area contributed by atoms with Crippen molar-refractivity contribution in [1.82, 2.24) is 0 Å². The number of carbonyl (C=O) groups excluding carboxylic acids is 1. The van der Waals surface area contributed by atoms with Gasteiger partial charge in [-0.25, -0.2) is 4.39 Å². The lowest BCUT2D eigenvalue weighted by atomic mass is 10.0. The second-order valence-corrected chi connectivity index (χ2v) is 4.22. The van der Waals surface area contributed by atoms with Gasteiger partial charge in [0.25, 0.3) is 0 Å². The minimum Gasteiger partial charge on any atom is -0.494 e. The fourth-order valence-corrected chi connectivity index (χ4v) is 1.74. The molecule has 0 atom stereocenters. The summed E-state index contributed by atoms with van der Waals surface area (Å²) in [7, 11) is 0. The van der Waals surface area contributed by atoms with Gasteiger partial charge in [0.1, 0.15) is 11.6 Å². The van der Waals surface area contributed by atoms with Crippen LogP contribution in [0.2, 0.25) is 0 Å². The van der Waals surface area contributed by atoms with Gasteiger partial charge in [0, 0.05) is 11.1 Å². The zero-order valence-corrected chi connectivity index (χ0v) is 10.7. The zero-order valence-electron chi connectivity index (χ0n) is 10.7. The van der Waals surface area contributed by atoms with E-state index in [1.165, 1.54) is 18.2 Å². The summed E-state index contributed by atoms with van der Waals surface area (Å²) >= 11 is 0. The normalized spacial score (nSPS) is 10.2. The third-order valence-corrected chi connectivity index (χ3v) is 2.66. The quantitative estimate of drug-likeness (QED) is 0.761. The molecule has 2 aromatic rings. The topological polar surface area (TPSA) is 26.3 Å². The molecule has 0 aliphatic heterocycles.